The minimum atomic E-state index is -0.0850. The number of carbonyl (C=O) groups is 1. The van der Waals surface area contributed by atoms with Crippen LogP contribution in [0.2, 0.25) is 0 Å². The lowest BCUT2D eigenvalue weighted by molar-refractivity contribution is 0.0695. The van der Waals surface area contributed by atoms with Gasteiger partial charge in [0.05, 0.1) is 5.39 Å². The van der Waals surface area contributed by atoms with Crippen molar-refractivity contribution in [1.82, 2.24) is 25.2 Å². The van der Waals surface area contributed by atoms with E-state index >= 15 is 0 Å². The smallest absolute Gasteiger partial charge is 0.276 e. The normalized spacial score (nSPS) is 18.0. The van der Waals surface area contributed by atoms with Crippen molar-refractivity contribution < 1.29 is 9.32 Å². The summed E-state index contributed by atoms with van der Waals surface area (Å²) in [5.41, 5.74) is 7.74. The summed E-state index contributed by atoms with van der Waals surface area (Å²) in [7, 11) is 0. The minimum absolute atomic E-state index is 0.0850. The topological polar surface area (TPSA) is 114 Å². The summed E-state index contributed by atoms with van der Waals surface area (Å²) in [6.45, 7) is 3.31. The number of H-pyrrole nitrogens is 1. The molecule has 0 aliphatic carbocycles. The number of fused-ring (bicyclic) bond motifs is 1. The van der Waals surface area contributed by atoms with Crippen molar-refractivity contribution in [3.05, 3.63) is 35.3 Å². The second-order valence-electron chi connectivity index (χ2n) is 6.37. The van der Waals surface area contributed by atoms with Crippen LogP contribution in [-0.2, 0) is 6.42 Å². The summed E-state index contributed by atoms with van der Waals surface area (Å²) < 4.78 is 5.15. The van der Waals surface area contributed by atoms with Crippen molar-refractivity contribution in [2.24, 2.45) is 0 Å². The van der Waals surface area contributed by atoms with Gasteiger partial charge in [-0.1, -0.05) is 12.1 Å². The van der Waals surface area contributed by atoms with E-state index in [-0.39, 0.29) is 11.8 Å². The van der Waals surface area contributed by atoms with Crippen molar-refractivity contribution in [1.29, 1.82) is 0 Å². The Labute approximate surface area is 144 Å². The summed E-state index contributed by atoms with van der Waals surface area (Å²) in [5, 5.41) is 11.6. The van der Waals surface area contributed by atoms with Crippen LogP contribution in [0.3, 0.4) is 0 Å². The number of amides is 1. The highest BCUT2D eigenvalue weighted by molar-refractivity contribution is 5.92. The Morgan fingerprint density at radius 2 is 2.36 bits per heavy atom. The molecule has 3 aromatic heterocycles. The van der Waals surface area contributed by atoms with E-state index in [9.17, 15) is 4.79 Å². The molecule has 1 amide bonds. The molecule has 0 aromatic carbocycles. The van der Waals surface area contributed by atoms with Crippen LogP contribution < -0.4 is 5.73 Å². The lowest BCUT2D eigenvalue weighted by atomic mass is 9.94. The molecule has 0 radical (unpaired) electrons. The number of anilines is 1. The average molecular weight is 340 g/mol. The van der Waals surface area contributed by atoms with Gasteiger partial charge in [0.25, 0.3) is 5.91 Å². The predicted molar refractivity (Wildman–Crippen MR) is 92.1 cm³/mol. The molecule has 4 rings (SSSR count). The number of nitrogens with one attached hydrogen (secondary N) is 1. The quantitative estimate of drug-likeness (QED) is 0.755. The molecule has 8 nitrogen and oxygen atoms in total. The number of hydrogen-bond acceptors (Lipinski definition) is 6. The molecule has 130 valence electrons. The number of carbonyl (C=O) groups excluding carboxylic acids is 1. The van der Waals surface area contributed by atoms with Gasteiger partial charge in [0.2, 0.25) is 0 Å². The summed E-state index contributed by atoms with van der Waals surface area (Å²) in [5.74, 6) is 1.34. The third kappa shape index (κ3) is 2.84. The zero-order valence-corrected chi connectivity index (χ0v) is 14.0. The molecule has 4 heterocycles. The zero-order chi connectivity index (χ0) is 17.4. The highest BCUT2D eigenvalue weighted by atomic mass is 16.5. The molecule has 0 bridgehead atoms. The van der Waals surface area contributed by atoms with E-state index in [1.165, 1.54) is 0 Å². The molecule has 1 saturated heterocycles. The molecule has 8 heteroatoms. The van der Waals surface area contributed by atoms with E-state index in [0.717, 1.165) is 42.6 Å². The molecule has 25 heavy (non-hydrogen) atoms. The van der Waals surface area contributed by atoms with E-state index in [1.807, 2.05) is 24.0 Å². The van der Waals surface area contributed by atoms with Crippen molar-refractivity contribution in [2.75, 3.05) is 18.8 Å². The van der Waals surface area contributed by atoms with E-state index in [4.69, 9.17) is 10.3 Å². The zero-order valence-electron chi connectivity index (χ0n) is 14.0. The Kier molecular flexibility index (Phi) is 3.87. The van der Waals surface area contributed by atoms with Gasteiger partial charge in [0, 0.05) is 37.2 Å². The Hall–Kier alpha value is -2.90. The van der Waals surface area contributed by atoms with Crippen LogP contribution in [0.25, 0.3) is 11.0 Å². The molecular weight excluding hydrogens is 320 g/mol. The van der Waals surface area contributed by atoms with E-state index in [2.05, 4.69) is 20.3 Å². The first-order valence-corrected chi connectivity index (χ1v) is 8.51. The third-order valence-corrected chi connectivity index (χ3v) is 4.72. The number of rotatable bonds is 3. The van der Waals surface area contributed by atoms with Gasteiger partial charge in [-0.15, -0.1) is 0 Å². The number of nitrogen functional groups attached to an aromatic ring is 1. The van der Waals surface area contributed by atoms with E-state index in [1.54, 1.807) is 6.07 Å². The Morgan fingerprint density at radius 1 is 1.48 bits per heavy atom. The van der Waals surface area contributed by atoms with Crippen molar-refractivity contribution in [3.8, 4) is 0 Å². The summed E-state index contributed by atoms with van der Waals surface area (Å²) in [4.78, 5) is 19.1. The molecule has 1 aliphatic rings. The van der Waals surface area contributed by atoms with Crippen molar-refractivity contribution >= 4 is 22.8 Å². The first kappa shape index (κ1) is 15.6. The molecule has 1 aliphatic heterocycles. The fourth-order valence-corrected chi connectivity index (χ4v) is 3.30. The second-order valence-corrected chi connectivity index (χ2v) is 6.37. The first-order chi connectivity index (χ1) is 12.2. The average Bonchev–Trinajstić information content (AvgIpc) is 3.28. The number of piperidine rings is 1. The molecule has 1 fully saturated rings. The van der Waals surface area contributed by atoms with Crippen LogP contribution >= 0.6 is 0 Å². The van der Waals surface area contributed by atoms with Crippen molar-refractivity contribution in [3.63, 3.8) is 0 Å². The maximum absolute atomic E-state index is 12.7. The molecular formula is C17H20N6O2. The largest absolute Gasteiger partial charge is 0.384 e. The summed E-state index contributed by atoms with van der Waals surface area (Å²) in [6.07, 6.45) is 2.64. The number of nitrogens with zero attached hydrogens (tertiary/aromatic N) is 4. The van der Waals surface area contributed by atoms with Gasteiger partial charge in [-0.25, -0.2) is 4.98 Å². The van der Waals surface area contributed by atoms with Gasteiger partial charge < -0.3 is 15.2 Å². The van der Waals surface area contributed by atoms with E-state index in [0.29, 0.717) is 23.7 Å². The second kappa shape index (κ2) is 6.19. The van der Waals surface area contributed by atoms with Gasteiger partial charge >= 0.3 is 0 Å². The molecule has 3 N–H and O–H groups in total. The number of aryl methyl sites for hydroxylation is 1. The van der Waals surface area contributed by atoms with Gasteiger partial charge in [-0.3, -0.25) is 9.89 Å². The van der Waals surface area contributed by atoms with Gasteiger partial charge in [0.1, 0.15) is 11.6 Å². The molecule has 3 aromatic rings. The standard InChI is InChI=1S/C17H20N6O2/c1-2-11-8-14(22-25-11)17(24)23-7-3-4-10(9-23)13-6-5-12-15(18)20-21-16(12)19-13/h5-6,8,10H,2-4,7,9H2,1H3,(H3,18,19,20,21). The Morgan fingerprint density at radius 3 is 3.16 bits per heavy atom. The molecule has 0 saturated carbocycles. The minimum Gasteiger partial charge on any atom is -0.384 e. The molecule has 0 spiro atoms. The third-order valence-electron chi connectivity index (χ3n) is 4.72. The number of pyridine rings is 1. The first-order valence-electron chi connectivity index (χ1n) is 8.51. The van der Waals surface area contributed by atoms with E-state index < -0.39 is 0 Å². The SMILES string of the molecule is CCc1cc(C(=O)N2CCCC(c3ccc4c(N)[nH]nc4n3)C2)no1. The maximum atomic E-state index is 12.7. The number of aromatic amines is 1. The van der Waals surface area contributed by atoms with Crippen molar-refractivity contribution in [2.45, 2.75) is 32.1 Å². The monoisotopic (exact) mass is 340 g/mol. The highest BCUT2D eigenvalue weighted by Gasteiger charge is 2.28. The van der Waals surface area contributed by atoms with Gasteiger partial charge in [-0.2, -0.15) is 5.10 Å². The van der Waals surface area contributed by atoms with Crippen LogP contribution in [0.15, 0.2) is 22.7 Å². The highest BCUT2D eigenvalue weighted by Crippen LogP contribution is 2.28. The summed E-state index contributed by atoms with van der Waals surface area (Å²) in [6, 6.07) is 5.63. The van der Waals surface area contributed by atoms with Crippen LogP contribution in [-0.4, -0.2) is 44.2 Å². The number of hydrogen-bond donors (Lipinski definition) is 2. The molecule has 1 atom stereocenters. The van der Waals surface area contributed by atoms with Gasteiger partial charge in [0.15, 0.2) is 11.3 Å². The lowest BCUT2D eigenvalue weighted by Crippen LogP contribution is -2.39. The molecule has 1 unspecified atom stereocenters. The fraction of sp³-hybridized carbons (Fsp3) is 0.412. The van der Waals surface area contributed by atoms with Crippen LogP contribution in [0.1, 0.15) is 47.6 Å². The van der Waals surface area contributed by atoms with Crippen LogP contribution in [0, 0.1) is 0 Å². The predicted octanol–water partition coefficient (Wildman–Crippen LogP) is 2.11. The fourth-order valence-electron chi connectivity index (χ4n) is 3.30. The van der Waals surface area contributed by atoms with Gasteiger partial charge in [-0.05, 0) is 25.0 Å². The Bertz CT molecular complexity index is 915. The van der Waals surface area contributed by atoms with Crippen LogP contribution in [0.5, 0.6) is 0 Å². The maximum Gasteiger partial charge on any atom is 0.276 e. The summed E-state index contributed by atoms with van der Waals surface area (Å²) >= 11 is 0. The Balaban J connectivity index is 1.54. The number of likely N-dealkylation sites (tertiary alicyclic amines) is 1. The van der Waals surface area contributed by atoms with Crippen LogP contribution in [0.4, 0.5) is 5.82 Å². The number of nitrogens with two attached hydrogens (primary N) is 1. The number of aromatic nitrogens is 4. The lowest BCUT2D eigenvalue weighted by Gasteiger charge is -2.31.